The molecule has 0 saturated carbocycles. The number of fused-ring (bicyclic) bond motifs is 1. The van der Waals surface area contributed by atoms with Crippen LogP contribution in [0.4, 0.5) is 0 Å². The second-order valence-corrected chi connectivity index (χ2v) is 6.22. The van der Waals surface area contributed by atoms with Gasteiger partial charge in [0, 0.05) is 0 Å². The van der Waals surface area contributed by atoms with Gasteiger partial charge in [-0.1, -0.05) is 0 Å². The molecule has 2 heterocycles. The number of halogens is 1. The summed E-state index contributed by atoms with van der Waals surface area (Å²) in [5.74, 6) is -0.887. The third-order valence-electron chi connectivity index (χ3n) is 3.65. The van der Waals surface area contributed by atoms with Gasteiger partial charge in [0.2, 0.25) is 0 Å². The summed E-state index contributed by atoms with van der Waals surface area (Å²) in [5.41, 5.74) is 0.138. The third-order valence-corrected chi connectivity index (χ3v) is 4.58. The van der Waals surface area contributed by atoms with Crippen LogP contribution in [0.15, 0.2) is 0 Å². The van der Waals surface area contributed by atoms with E-state index in [1.807, 2.05) is 0 Å². The van der Waals surface area contributed by atoms with E-state index in [-0.39, 0.29) is 39.9 Å². The number of hydrogen-bond donors (Lipinski definition) is 1. The van der Waals surface area contributed by atoms with E-state index in [0.717, 1.165) is 32.5 Å². The van der Waals surface area contributed by atoms with E-state index in [9.17, 15) is 4.79 Å². The summed E-state index contributed by atoms with van der Waals surface area (Å²) >= 11 is -0.136. The SMILES string of the molecule is C[I-]OCC12CCCN1C[C@H](OCC(=O)O)C2. The minimum absolute atomic E-state index is 0.0602. The summed E-state index contributed by atoms with van der Waals surface area (Å²) in [4.78, 5) is 15.0. The van der Waals surface area contributed by atoms with Gasteiger partial charge in [0.05, 0.1) is 0 Å². The van der Waals surface area contributed by atoms with Crippen molar-refractivity contribution in [3.8, 4) is 0 Å². The molecule has 2 fully saturated rings. The summed E-state index contributed by atoms with van der Waals surface area (Å²) in [7, 11) is 0. The van der Waals surface area contributed by atoms with E-state index in [4.69, 9.17) is 12.9 Å². The fourth-order valence-electron chi connectivity index (χ4n) is 2.92. The number of carbonyl (C=O) groups is 1. The van der Waals surface area contributed by atoms with Crippen molar-refractivity contribution < 1.29 is 39.3 Å². The topological polar surface area (TPSA) is 59.0 Å². The van der Waals surface area contributed by atoms with Gasteiger partial charge in [-0.25, -0.2) is 0 Å². The van der Waals surface area contributed by atoms with Crippen LogP contribution in [0.2, 0.25) is 0 Å². The summed E-state index contributed by atoms with van der Waals surface area (Å²) in [6.07, 6.45) is 3.36. The van der Waals surface area contributed by atoms with Crippen molar-refractivity contribution in [2.75, 3.05) is 31.2 Å². The molecule has 0 amide bonds. The number of aliphatic carboxylic acids is 1. The molecule has 0 aromatic carbocycles. The van der Waals surface area contributed by atoms with E-state index in [0.29, 0.717) is 0 Å². The molecule has 0 aromatic rings. The Morgan fingerprint density at radius 2 is 2.47 bits per heavy atom. The summed E-state index contributed by atoms with van der Waals surface area (Å²) in [5, 5.41) is 8.62. The van der Waals surface area contributed by atoms with Crippen LogP contribution in [0.5, 0.6) is 0 Å². The van der Waals surface area contributed by atoms with Crippen molar-refractivity contribution in [2.45, 2.75) is 30.9 Å². The first-order valence-electron chi connectivity index (χ1n) is 5.86. The van der Waals surface area contributed by atoms with Gasteiger partial charge in [0.15, 0.2) is 0 Å². The Kier molecular flexibility index (Phi) is 4.62. The Hall–Kier alpha value is 0.0800. The number of hydrogen-bond acceptors (Lipinski definition) is 4. The zero-order chi connectivity index (χ0) is 12.3. The van der Waals surface area contributed by atoms with Crippen molar-refractivity contribution in [3.63, 3.8) is 0 Å². The molecular formula is C11H19INO4-. The van der Waals surface area contributed by atoms with Crippen LogP contribution >= 0.6 is 0 Å². The van der Waals surface area contributed by atoms with Crippen LogP contribution < -0.4 is 21.6 Å². The molecule has 0 aliphatic carbocycles. The molecule has 0 aromatic heterocycles. The van der Waals surface area contributed by atoms with Crippen LogP contribution in [0.1, 0.15) is 19.3 Å². The maximum atomic E-state index is 10.5. The number of alkyl halides is 1. The van der Waals surface area contributed by atoms with Gasteiger partial charge in [-0.05, 0) is 0 Å². The molecule has 100 valence electrons. The number of carboxylic acids is 1. The van der Waals surface area contributed by atoms with Crippen molar-refractivity contribution in [1.82, 2.24) is 4.90 Å². The van der Waals surface area contributed by atoms with Crippen molar-refractivity contribution >= 4 is 5.97 Å². The second kappa shape index (κ2) is 5.81. The molecule has 2 saturated heterocycles. The van der Waals surface area contributed by atoms with Gasteiger partial charge in [-0.2, -0.15) is 0 Å². The molecule has 2 atom stereocenters. The maximum absolute atomic E-state index is 10.5. The number of carboxylic acid groups (broad SMARTS) is 1. The van der Waals surface area contributed by atoms with Gasteiger partial charge in [-0.3, -0.25) is 0 Å². The molecule has 2 aliphatic heterocycles. The Morgan fingerprint density at radius 3 is 3.18 bits per heavy atom. The van der Waals surface area contributed by atoms with E-state index in [1.165, 1.54) is 6.42 Å². The molecule has 6 heteroatoms. The molecule has 2 rings (SSSR count). The predicted molar refractivity (Wildman–Crippen MR) is 57.4 cm³/mol. The first-order valence-corrected chi connectivity index (χ1v) is 8.90. The van der Waals surface area contributed by atoms with Crippen molar-refractivity contribution in [2.24, 2.45) is 0 Å². The van der Waals surface area contributed by atoms with E-state index >= 15 is 0 Å². The van der Waals surface area contributed by atoms with Crippen LogP contribution in [-0.4, -0.2) is 58.9 Å². The van der Waals surface area contributed by atoms with Gasteiger partial charge < -0.3 is 0 Å². The summed E-state index contributed by atoms with van der Waals surface area (Å²) in [6.45, 7) is 2.57. The van der Waals surface area contributed by atoms with E-state index in [1.54, 1.807) is 0 Å². The summed E-state index contributed by atoms with van der Waals surface area (Å²) in [6, 6.07) is 0. The van der Waals surface area contributed by atoms with Crippen LogP contribution in [-0.2, 0) is 12.6 Å². The number of rotatable bonds is 6. The average Bonchev–Trinajstić information content (AvgIpc) is 2.79. The second-order valence-electron chi connectivity index (χ2n) is 4.71. The minimum atomic E-state index is -0.887. The number of nitrogens with zero attached hydrogens (tertiary/aromatic N) is 1. The molecule has 0 spiro atoms. The Bertz CT molecular complexity index is 289. The molecule has 2 aliphatic rings. The molecule has 1 N–H and O–H groups in total. The van der Waals surface area contributed by atoms with E-state index < -0.39 is 5.97 Å². The Morgan fingerprint density at radius 1 is 1.65 bits per heavy atom. The molecule has 0 bridgehead atoms. The van der Waals surface area contributed by atoms with Gasteiger partial charge >= 0.3 is 112 Å². The monoisotopic (exact) mass is 356 g/mol. The molecule has 5 nitrogen and oxygen atoms in total. The summed E-state index contributed by atoms with van der Waals surface area (Å²) < 4.78 is 11.1. The van der Waals surface area contributed by atoms with Gasteiger partial charge in [-0.15, -0.1) is 0 Å². The molecule has 1 unspecified atom stereocenters. The third kappa shape index (κ3) is 3.10. The van der Waals surface area contributed by atoms with Gasteiger partial charge in [0.25, 0.3) is 0 Å². The standard InChI is InChI=1S/C11H19INO4/c1-12-17-8-11-3-2-4-13(11)6-9(5-11)16-7-10(14)15/h9H,2-8H2,1H3,(H,14,15)/q-1/t9-,11?/m1/s1. The van der Waals surface area contributed by atoms with Crippen LogP contribution in [0.3, 0.4) is 0 Å². The average molecular weight is 356 g/mol. The zero-order valence-electron chi connectivity index (χ0n) is 10.0. The van der Waals surface area contributed by atoms with Gasteiger partial charge in [0.1, 0.15) is 0 Å². The quantitative estimate of drug-likeness (QED) is 0.416. The fraction of sp³-hybridized carbons (Fsp3) is 0.909. The van der Waals surface area contributed by atoms with Crippen LogP contribution in [0.25, 0.3) is 0 Å². The molecular weight excluding hydrogens is 337 g/mol. The van der Waals surface area contributed by atoms with Crippen LogP contribution in [0, 0.1) is 0 Å². The van der Waals surface area contributed by atoms with Crippen molar-refractivity contribution in [1.29, 1.82) is 0 Å². The molecule has 0 radical (unpaired) electrons. The number of ether oxygens (including phenoxy) is 1. The van der Waals surface area contributed by atoms with Crippen molar-refractivity contribution in [3.05, 3.63) is 0 Å². The predicted octanol–water partition coefficient (Wildman–Crippen LogP) is -2.66. The molecule has 17 heavy (non-hydrogen) atoms. The Labute approximate surface area is 112 Å². The Balaban J connectivity index is 1.89. The van der Waals surface area contributed by atoms with E-state index in [2.05, 4.69) is 9.83 Å². The zero-order valence-corrected chi connectivity index (χ0v) is 12.2. The normalized spacial score (nSPS) is 33.1. The first kappa shape index (κ1) is 13.5. The fourth-order valence-corrected chi connectivity index (χ4v) is 3.81. The first-order chi connectivity index (χ1) is 8.16.